The fourth-order valence-corrected chi connectivity index (χ4v) is 2.24. The van der Waals surface area contributed by atoms with Gasteiger partial charge in [0.05, 0.1) is 0 Å². The second kappa shape index (κ2) is 5.04. The Hall–Kier alpha value is -1.45. The Morgan fingerprint density at radius 2 is 2.00 bits per heavy atom. The summed E-state index contributed by atoms with van der Waals surface area (Å²) in [6.45, 7) is 2.12. The number of alkyl halides is 3. The van der Waals surface area contributed by atoms with Gasteiger partial charge in [0.2, 0.25) is 0 Å². The van der Waals surface area contributed by atoms with Crippen molar-refractivity contribution in [2.45, 2.75) is 39.0 Å². The lowest BCUT2D eigenvalue weighted by molar-refractivity contribution is -0.274. The van der Waals surface area contributed by atoms with E-state index in [-0.39, 0.29) is 5.75 Å². The van der Waals surface area contributed by atoms with Gasteiger partial charge in [0.15, 0.2) is 0 Å². The summed E-state index contributed by atoms with van der Waals surface area (Å²) >= 11 is 0. The minimum Gasteiger partial charge on any atom is -0.406 e. The maximum absolute atomic E-state index is 12.1. The number of fused-ring (bicyclic) bond motifs is 1. The van der Waals surface area contributed by atoms with E-state index in [9.17, 15) is 13.2 Å². The molecule has 0 aromatic heterocycles. The molecular weight excluding hydrogens is 241 g/mol. The van der Waals surface area contributed by atoms with Crippen molar-refractivity contribution in [1.82, 2.24) is 0 Å². The molecule has 98 valence electrons. The van der Waals surface area contributed by atoms with Crippen molar-refractivity contribution < 1.29 is 17.9 Å². The summed E-state index contributed by atoms with van der Waals surface area (Å²) in [6.07, 6.45) is 1.18. The van der Waals surface area contributed by atoms with Crippen LogP contribution in [0.5, 0.6) is 5.75 Å². The first-order valence-electron chi connectivity index (χ1n) is 6.03. The Morgan fingerprint density at radius 3 is 2.67 bits per heavy atom. The van der Waals surface area contributed by atoms with Crippen LogP contribution in [0.2, 0.25) is 0 Å². The SMILES string of the molecule is CCCC1=CCc2cc(OC(F)(F)F)ccc2C1. The van der Waals surface area contributed by atoms with Crippen LogP contribution in [0.15, 0.2) is 29.8 Å². The third kappa shape index (κ3) is 3.28. The van der Waals surface area contributed by atoms with Crippen molar-refractivity contribution in [3.63, 3.8) is 0 Å². The molecule has 18 heavy (non-hydrogen) atoms. The average Bonchev–Trinajstić information content (AvgIpc) is 2.27. The summed E-state index contributed by atoms with van der Waals surface area (Å²) in [6, 6.07) is 4.61. The highest BCUT2D eigenvalue weighted by molar-refractivity contribution is 5.42. The number of ether oxygens (including phenoxy) is 1. The monoisotopic (exact) mass is 256 g/mol. The summed E-state index contributed by atoms with van der Waals surface area (Å²) < 4.78 is 40.2. The Morgan fingerprint density at radius 1 is 1.22 bits per heavy atom. The fourth-order valence-electron chi connectivity index (χ4n) is 2.24. The standard InChI is InChI=1S/C14H15F3O/c1-2-3-10-4-5-12-9-13(18-14(15,16)17)7-6-11(12)8-10/h4,6-7,9H,2-3,5,8H2,1H3. The zero-order chi connectivity index (χ0) is 13.2. The van der Waals surface area contributed by atoms with Gasteiger partial charge in [-0.25, -0.2) is 0 Å². The van der Waals surface area contributed by atoms with E-state index < -0.39 is 6.36 Å². The van der Waals surface area contributed by atoms with Gasteiger partial charge in [-0.1, -0.05) is 31.1 Å². The van der Waals surface area contributed by atoms with E-state index in [2.05, 4.69) is 17.7 Å². The van der Waals surface area contributed by atoms with E-state index in [1.54, 1.807) is 6.07 Å². The third-order valence-electron chi connectivity index (χ3n) is 3.01. The molecule has 1 aromatic carbocycles. The molecule has 0 amide bonds. The highest BCUT2D eigenvalue weighted by Crippen LogP contribution is 2.29. The second-order valence-electron chi connectivity index (χ2n) is 4.47. The minimum atomic E-state index is -4.62. The quantitative estimate of drug-likeness (QED) is 0.728. The molecular formula is C14H15F3O. The lowest BCUT2D eigenvalue weighted by Crippen LogP contribution is -2.17. The summed E-state index contributed by atoms with van der Waals surface area (Å²) in [5.74, 6) is -0.131. The first kappa shape index (κ1) is 13.0. The molecule has 1 aliphatic rings. The molecule has 1 nitrogen and oxygen atoms in total. The maximum Gasteiger partial charge on any atom is 0.573 e. The molecule has 0 saturated heterocycles. The van der Waals surface area contributed by atoms with E-state index >= 15 is 0 Å². The van der Waals surface area contributed by atoms with Crippen LogP contribution in [0.4, 0.5) is 13.2 Å². The topological polar surface area (TPSA) is 9.23 Å². The Balaban J connectivity index is 2.14. The number of hydrogen-bond donors (Lipinski definition) is 0. The lowest BCUT2D eigenvalue weighted by Gasteiger charge is -2.18. The highest BCUT2D eigenvalue weighted by atomic mass is 19.4. The van der Waals surface area contributed by atoms with E-state index in [1.165, 1.54) is 17.7 Å². The Kier molecular flexibility index (Phi) is 3.64. The first-order chi connectivity index (χ1) is 8.48. The summed E-state index contributed by atoms with van der Waals surface area (Å²) in [4.78, 5) is 0. The van der Waals surface area contributed by atoms with Crippen molar-refractivity contribution in [3.05, 3.63) is 41.0 Å². The van der Waals surface area contributed by atoms with Crippen LogP contribution in [0, 0.1) is 0 Å². The predicted octanol–water partition coefficient (Wildman–Crippen LogP) is 4.41. The molecule has 0 N–H and O–H groups in total. The van der Waals surface area contributed by atoms with Crippen molar-refractivity contribution in [1.29, 1.82) is 0 Å². The van der Waals surface area contributed by atoms with Crippen LogP contribution in [-0.4, -0.2) is 6.36 Å². The average molecular weight is 256 g/mol. The largest absolute Gasteiger partial charge is 0.573 e. The van der Waals surface area contributed by atoms with Gasteiger partial charge in [-0.2, -0.15) is 0 Å². The van der Waals surface area contributed by atoms with Crippen LogP contribution >= 0.6 is 0 Å². The van der Waals surface area contributed by atoms with E-state index in [0.29, 0.717) is 6.42 Å². The zero-order valence-electron chi connectivity index (χ0n) is 10.2. The smallest absolute Gasteiger partial charge is 0.406 e. The van der Waals surface area contributed by atoms with Gasteiger partial charge in [-0.3, -0.25) is 0 Å². The van der Waals surface area contributed by atoms with Crippen LogP contribution in [0.1, 0.15) is 30.9 Å². The Labute approximate surface area is 104 Å². The lowest BCUT2D eigenvalue weighted by atomic mass is 9.89. The molecule has 0 spiro atoms. The van der Waals surface area contributed by atoms with Crippen molar-refractivity contribution in [2.75, 3.05) is 0 Å². The summed E-state index contributed by atoms with van der Waals surface area (Å²) in [7, 11) is 0. The minimum absolute atomic E-state index is 0.131. The molecule has 1 aliphatic carbocycles. The molecule has 0 heterocycles. The number of rotatable bonds is 3. The molecule has 0 unspecified atom stereocenters. The molecule has 0 aliphatic heterocycles. The molecule has 0 saturated carbocycles. The van der Waals surface area contributed by atoms with Gasteiger partial charge in [0, 0.05) is 0 Å². The molecule has 0 radical (unpaired) electrons. The van der Waals surface area contributed by atoms with Gasteiger partial charge in [0.25, 0.3) is 0 Å². The highest BCUT2D eigenvalue weighted by Gasteiger charge is 2.31. The molecule has 0 atom stereocenters. The number of halogens is 3. The van der Waals surface area contributed by atoms with E-state index in [0.717, 1.165) is 30.4 Å². The number of hydrogen-bond acceptors (Lipinski definition) is 1. The number of benzene rings is 1. The molecule has 0 fully saturated rings. The molecule has 2 rings (SSSR count). The fraction of sp³-hybridized carbons (Fsp3) is 0.429. The third-order valence-corrected chi connectivity index (χ3v) is 3.01. The van der Waals surface area contributed by atoms with Gasteiger partial charge in [-0.05, 0) is 42.5 Å². The summed E-state index contributed by atoms with van der Waals surface area (Å²) in [5.41, 5.74) is 3.40. The van der Waals surface area contributed by atoms with Crippen molar-refractivity contribution in [3.8, 4) is 5.75 Å². The van der Waals surface area contributed by atoms with Gasteiger partial charge in [0.1, 0.15) is 5.75 Å². The molecule has 0 bridgehead atoms. The van der Waals surface area contributed by atoms with Gasteiger partial charge >= 0.3 is 6.36 Å². The van der Waals surface area contributed by atoms with Crippen LogP contribution < -0.4 is 4.74 Å². The Bertz CT molecular complexity index is 461. The van der Waals surface area contributed by atoms with Crippen LogP contribution in [0.3, 0.4) is 0 Å². The van der Waals surface area contributed by atoms with Crippen LogP contribution in [-0.2, 0) is 12.8 Å². The second-order valence-corrected chi connectivity index (χ2v) is 4.47. The first-order valence-corrected chi connectivity index (χ1v) is 6.03. The normalized spacial score (nSPS) is 15.0. The summed E-state index contributed by atoms with van der Waals surface area (Å²) in [5, 5.41) is 0. The maximum atomic E-state index is 12.1. The predicted molar refractivity (Wildman–Crippen MR) is 63.5 cm³/mol. The van der Waals surface area contributed by atoms with Crippen molar-refractivity contribution >= 4 is 0 Å². The van der Waals surface area contributed by atoms with E-state index in [1.807, 2.05) is 0 Å². The van der Waals surface area contributed by atoms with Crippen LogP contribution in [0.25, 0.3) is 0 Å². The van der Waals surface area contributed by atoms with Crippen molar-refractivity contribution in [2.24, 2.45) is 0 Å². The van der Waals surface area contributed by atoms with Gasteiger partial charge < -0.3 is 4.74 Å². The molecule has 1 aromatic rings. The van der Waals surface area contributed by atoms with E-state index in [4.69, 9.17) is 0 Å². The zero-order valence-corrected chi connectivity index (χ0v) is 10.2. The van der Waals surface area contributed by atoms with Gasteiger partial charge in [-0.15, -0.1) is 13.2 Å². The molecule has 4 heteroatoms. The number of allylic oxidation sites excluding steroid dienone is 2.